The number of hydrogen-bond acceptors (Lipinski definition) is 7. The van der Waals surface area contributed by atoms with Gasteiger partial charge in [0.1, 0.15) is 36.6 Å². The molecule has 142 valence electrons. The first kappa shape index (κ1) is 18.8. The molecular formula is C17H22N2O7. The topological polar surface area (TPSA) is 169 Å². The first-order valence-corrected chi connectivity index (χ1v) is 8.23. The van der Waals surface area contributed by atoms with E-state index in [1.807, 2.05) is 0 Å². The minimum absolute atomic E-state index is 0.0241. The molecule has 0 radical (unpaired) electrons. The lowest BCUT2D eigenvalue weighted by Crippen LogP contribution is -2.55. The van der Waals surface area contributed by atoms with Crippen LogP contribution in [0.2, 0.25) is 0 Å². The molecule has 9 nitrogen and oxygen atoms in total. The summed E-state index contributed by atoms with van der Waals surface area (Å²) < 4.78 is 5.60. The number of para-hydroxylation sites is 1. The number of aliphatic hydroxyl groups is 4. The molecule has 3 rings (SSSR count). The molecule has 8 N–H and O–H groups in total. The average Bonchev–Trinajstić information content (AvgIpc) is 2.98. The predicted octanol–water partition coefficient (Wildman–Crippen LogP) is -1.36. The molecule has 1 saturated heterocycles. The summed E-state index contributed by atoms with van der Waals surface area (Å²) in [5, 5.41) is 49.6. The number of fused-ring (bicyclic) bond motifs is 1. The summed E-state index contributed by atoms with van der Waals surface area (Å²) in [6, 6.07) is 5.96. The van der Waals surface area contributed by atoms with Crippen molar-refractivity contribution in [3.63, 3.8) is 0 Å². The van der Waals surface area contributed by atoms with Gasteiger partial charge in [0.2, 0.25) is 0 Å². The van der Waals surface area contributed by atoms with E-state index in [0.29, 0.717) is 16.8 Å². The van der Waals surface area contributed by atoms with E-state index in [1.54, 1.807) is 24.3 Å². The molecule has 1 aromatic heterocycles. The Hall–Kier alpha value is -2.01. The number of aliphatic carboxylic acids is 1. The molecule has 0 saturated carbocycles. The number of benzene rings is 1. The third-order valence-corrected chi connectivity index (χ3v) is 4.76. The van der Waals surface area contributed by atoms with E-state index in [0.717, 1.165) is 5.39 Å². The lowest BCUT2D eigenvalue weighted by molar-refractivity contribution is -0.232. The smallest absolute Gasteiger partial charge is 0.320 e. The van der Waals surface area contributed by atoms with Crippen molar-refractivity contribution in [3.8, 4) is 0 Å². The fourth-order valence-corrected chi connectivity index (χ4v) is 3.33. The second kappa shape index (κ2) is 7.31. The number of nitrogens with two attached hydrogens (primary N) is 1. The first-order chi connectivity index (χ1) is 12.3. The Balaban J connectivity index is 2.07. The molecular weight excluding hydrogens is 344 g/mol. The van der Waals surface area contributed by atoms with Gasteiger partial charge in [-0.1, -0.05) is 18.2 Å². The molecule has 1 aliphatic rings. The quantitative estimate of drug-likeness (QED) is 0.340. The molecule has 1 aliphatic heterocycles. The summed E-state index contributed by atoms with van der Waals surface area (Å²) in [6.45, 7) is -0.550. The zero-order chi connectivity index (χ0) is 19.0. The van der Waals surface area contributed by atoms with Crippen molar-refractivity contribution in [3.05, 3.63) is 35.5 Å². The lowest BCUT2D eigenvalue weighted by atomic mass is 9.90. The van der Waals surface area contributed by atoms with Crippen molar-refractivity contribution in [2.75, 3.05) is 6.61 Å². The van der Waals surface area contributed by atoms with Gasteiger partial charge in [0.25, 0.3) is 0 Å². The summed E-state index contributed by atoms with van der Waals surface area (Å²) in [5.41, 5.74) is 7.28. The van der Waals surface area contributed by atoms with Crippen LogP contribution in [0.5, 0.6) is 0 Å². The normalized spacial score (nSPS) is 30.4. The molecule has 0 unspecified atom stereocenters. The lowest BCUT2D eigenvalue weighted by Gasteiger charge is -2.40. The van der Waals surface area contributed by atoms with Gasteiger partial charge in [0.15, 0.2) is 0 Å². The van der Waals surface area contributed by atoms with Gasteiger partial charge in [-0.3, -0.25) is 4.79 Å². The van der Waals surface area contributed by atoms with Crippen LogP contribution < -0.4 is 5.73 Å². The van der Waals surface area contributed by atoms with E-state index >= 15 is 0 Å². The number of nitrogens with one attached hydrogen (secondary N) is 1. The minimum Gasteiger partial charge on any atom is -0.480 e. The third kappa shape index (κ3) is 3.20. The van der Waals surface area contributed by atoms with Crippen molar-refractivity contribution in [2.24, 2.45) is 5.73 Å². The van der Waals surface area contributed by atoms with Crippen LogP contribution in [0.3, 0.4) is 0 Å². The maximum atomic E-state index is 11.2. The van der Waals surface area contributed by atoms with Crippen LogP contribution in [0, 0.1) is 0 Å². The highest BCUT2D eigenvalue weighted by Gasteiger charge is 2.45. The van der Waals surface area contributed by atoms with E-state index in [-0.39, 0.29) is 6.42 Å². The van der Waals surface area contributed by atoms with Gasteiger partial charge in [0, 0.05) is 17.3 Å². The maximum absolute atomic E-state index is 11.2. The first-order valence-electron chi connectivity index (χ1n) is 8.23. The number of rotatable bonds is 5. The highest BCUT2D eigenvalue weighted by molar-refractivity contribution is 5.86. The second-order valence-corrected chi connectivity index (χ2v) is 6.46. The Kier molecular flexibility index (Phi) is 5.28. The number of ether oxygens (including phenoxy) is 1. The molecule has 9 heteroatoms. The van der Waals surface area contributed by atoms with Gasteiger partial charge in [-0.2, -0.15) is 0 Å². The van der Waals surface area contributed by atoms with E-state index in [4.69, 9.17) is 15.6 Å². The zero-order valence-corrected chi connectivity index (χ0v) is 13.8. The second-order valence-electron chi connectivity index (χ2n) is 6.46. The number of hydrogen-bond donors (Lipinski definition) is 7. The van der Waals surface area contributed by atoms with Gasteiger partial charge in [-0.15, -0.1) is 0 Å². The Morgan fingerprint density at radius 3 is 2.54 bits per heavy atom. The monoisotopic (exact) mass is 366 g/mol. The molecule has 2 aromatic rings. The Labute approximate surface area is 148 Å². The number of carboxylic acids is 1. The van der Waals surface area contributed by atoms with Crippen LogP contribution in [-0.4, -0.2) is 73.6 Å². The Morgan fingerprint density at radius 2 is 1.88 bits per heavy atom. The molecule has 1 aromatic carbocycles. The summed E-state index contributed by atoms with van der Waals surface area (Å²) in [4.78, 5) is 14.3. The molecule has 0 amide bonds. The van der Waals surface area contributed by atoms with Crippen LogP contribution in [-0.2, 0) is 16.0 Å². The Morgan fingerprint density at radius 1 is 1.19 bits per heavy atom. The summed E-state index contributed by atoms with van der Waals surface area (Å²) in [7, 11) is 0. The number of carboxylic acid groups (broad SMARTS) is 1. The third-order valence-electron chi connectivity index (χ3n) is 4.76. The summed E-state index contributed by atoms with van der Waals surface area (Å²) in [6.07, 6.45) is -6.65. The van der Waals surface area contributed by atoms with Crippen LogP contribution in [0.15, 0.2) is 24.3 Å². The fraction of sp³-hybridized carbons (Fsp3) is 0.471. The maximum Gasteiger partial charge on any atom is 0.320 e. The minimum atomic E-state index is -1.53. The van der Waals surface area contributed by atoms with E-state index in [9.17, 15) is 25.2 Å². The van der Waals surface area contributed by atoms with E-state index in [1.165, 1.54) is 0 Å². The molecule has 2 heterocycles. The Bertz CT molecular complexity index is 791. The van der Waals surface area contributed by atoms with Crippen molar-refractivity contribution in [1.82, 2.24) is 4.98 Å². The number of aromatic amines is 1. The van der Waals surface area contributed by atoms with E-state index in [2.05, 4.69) is 4.98 Å². The largest absolute Gasteiger partial charge is 0.480 e. The number of aliphatic hydroxyl groups excluding tert-OH is 4. The molecule has 6 atom stereocenters. The molecule has 26 heavy (non-hydrogen) atoms. The fourth-order valence-electron chi connectivity index (χ4n) is 3.33. The molecule has 0 aliphatic carbocycles. The highest BCUT2D eigenvalue weighted by Crippen LogP contribution is 2.36. The van der Waals surface area contributed by atoms with Gasteiger partial charge in [-0.25, -0.2) is 0 Å². The summed E-state index contributed by atoms with van der Waals surface area (Å²) >= 11 is 0. The van der Waals surface area contributed by atoms with Gasteiger partial charge in [-0.05, 0) is 11.6 Å². The number of aromatic nitrogens is 1. The van der Waals surface area contributed by atoms with Crippen LogP contribution in [0.4, 0.5) is 0 Å². The average molecular weight is 366 g/mol. The van der Waals surface area contributed by atoms with Gasteiger partial charge < -0.3 is 41.0 Å². The van der Waals surface area contributed by atoms with Crippen molar-refractivity contribution >= 4 is 16.9 Å². The molecule has 1 fully saturated rings. The van der Waals surface area contributed by atoms with E-state index < -0.39 is 49.1 Å². The standard InChI is InChI=1S/C17H22N2O7/c18-9(17(24)25)5-8-7-3-1-2-4-10(7)19-12(8)16-15(23)14(22)13(21)11(6-20)26-16/h1-4,9,11,13-16,19-23H,5-6,18H2,(H,24,25)/t9-,11+,13+,14-,15+,16+/m0/s1. The van der Waals surface area contributed by atoms with Crippen molar-refractivity contribution in [1.29, 1.82) is 0 Å². The molecule has 0 bridgehead atoms. The predicted molar refractivity (Wildman–Crippen MR) is 90.3 cm³/mol. The summed E-state index contributed by atoms with van der Waals surface area (Å²) in [5.74, 6) is -1.17. The van der Waals surface area contributed by atoms with Crippen molar-refractivity contribution < 1.29 is 35.1 Å². The van der Waals surface area contributed by atoms with Crippen LogP contribution in [0.1, 0.15) is 17.4 Å². The van der Waals surface area contributed by atoms with Crippen LogP contribution >= 0.6 is 0 Å². The molecule has 0 spiro atoms. The number of H-pyrrole nitrogens is 1. The van der Waals surface area contributed by atoms with Gasteiger partial charge >= 0.3 is 5.97 Å². The zero-order valence-electron chi connectivity index (χ0n) is 13.8. The van der Waals surface area contributed by atoms with Gasteiger partial charge in [0.05, 0.1) is 12.3 Å². The van der Waals surface area contributed by atoms with Crippen molar-refractivity contribution in [2.45, 2.75) is 43.0 Å². The highest BCUT2D eigenvalue weighted by atomic mass is 16.5. The SMILES string of the molecule is N[C@@H](Cc1c([C@H]2O[C@H](CO)[C@@H](O)[C@H](O)[C@H]2O)[nH]c2ccccc12)C(=O)O. The van der Waals surface area contributed by atoms with Crippen LogP contribution in [0.25, 0.3) is 10.9 Å². The number of carbonyl (C=O) groups is 1.